The van der Waals surface area contributed by atoms with E-state index in [0.717, 1.165) is 60.7 Å². The first-order valence-electron chi connectivity index (χ1n) is 13.1. The zero-order valence-corrected chi connectivity index (χ0v) is 20.4. The van der Waals surface area contributed by atoms with Gasteiger partial charge in [-0.2, -0.15) is 5.43 Å². The van der Waals surface area contributed by atoms with Crippen molar-refractivity contribution in [1.29, 1.82) is 0 Å². The number of fused-ring (bicyclic) bond motifs is 3. The van der Waals surface area contributed by atoms with Crippen LogP contribution in [-0.2, 0) is 5.79 Å². The Balaban J connectivity index is 1.03. The predicted octanol–water partition coefficient (Wildman–Crippen LogP) is 2.35. The molecule has 7 rings (SSSR count). The van der Waals surface area contributed by atoms with Gasteiger partial charge in [0, 0.05) is 43.5 Å². The Hall–Kier alpha value is -3.27. The quantitative estimate of drug-likeness (QED) is 0.519. The predicted molar refractivity (Wildman–Crippen MR) is 142 cm³/mol. The van der Waals surface area contributed by atoms with Crippen LogP contribution >= 0.6 is 0 Å². The van der Waals surface area contributed by atoms with Crippen molar-refractivity contribution in [2.75, 3.05) is 36.1 Å². The van der Waals surface area contributed by atoms with Gasteiger partial charge in [-0.25, -0.2) is 15.0 Å². The molecular formula is C27H33N9. The molecule has 1 aromatic heterocycles. The van der Waals surface area contributed by atoms with Gasteiger partial charge in [-0.3, -0.25) is 15.6 Å². The number of aliphatic imine (C=N–C) groups is 1. The Morgan fingerprint density at radius 3 is 2.42 bits per heavy atom. The summed E-state index contributed by atoms with van der Waals surface area (Å²) in [5, 5.41) is 1.60. The topological polar surface area (TPSA) is 112 Å². The molecule has 5 N–H and O–H groups in total. The SMILES string of the molecule is NC1=NC(N)(c2ccc(N3CCN(C4CC5CCC4C5)CC3)cc2)NN1c1cnc2ccccc2n1. The van der Waals surface area contributed by atoms with E-state index in [-0.39, 0.29) is 5.96 Å². The number of nitrogens with two attached hydrogens (primary N) is 2. The molecular weight excluding hydrogens is 450 g/mol. The molecule has 2 saturated carbocycles. The maximum Gasteiger partial charge on any atom is 0.215 e. The number of para-hydroxylation sites is 2. The van der Waals surface area contributed by atoms with Crippen molar-refractivity contribution in [3.63, 3.8) is 0 Å². The number of piperazine rings is 1. The molecule has 4 unspecified atom stereocenters. The lowest BCUT2D eigenvalue weighted by Crippen LogP contribution is -2.53. The van der Waals surface area contributed by atoms with Crippen molar-refractivity contribution in [2.45, 2.75) is 37.5 Å². The molecule has 0 radical (unpaired) electrons. The van der Waals surface area contributed by atoms with Crippen LogP contribution in [0.3, 0.4) is 0 Å². The molecule has 2 bridgehead atoms. The monoisotopic (exact) mass is 483 g/mol. The molecule has 186 valence electrons. The van der Waals surface area contributed by atoms with Gasteiger partial charge in [0.15, 0.2) is 5.82 Å². The summed E-state index contributed by atoms with van der Waals surface area (Å²) in [6, 6.07) is 16.9. The minimum absolute atomic E-state index is 0.253. The van der Waals surface area contributed by atoms with E-state index in [9.17, 15) is 0 Å². The molecule has 2 aliphatic heterocycles. The van der Waals surface area contributed by atoms with Crippen molar-refractivity contribution < 1.29 is 0 Å². The highest BCUT2D eigenvalue weighted by atomic mass is 15.7. The highest BCUT2D eigenvalue weighted by Crippen LogP contribution is 2.46. The number of hydrazine groups is 1. The largest absolute Gasteiger partial charge is 0.369 e. The summed E-state index contributed by atoms with van der Waals surface area (Å²) in [4.78, 5) is 18.9. The van der Waals surface area contributed by atoms with Gasteiger partial charge in [0.2, 0.25) is 11.7 Å². The molecule has 4 atom stereocenters. The van der Waals surface area contributed by atoms with Crippen LogP contribution in [0.2, 0.25) is 0 Å². The van der Waals surface area contributed by atoms with Crippen LogP contribution in [0.5, 0.6) is 0 Å². The van der Waals surface area contributed by atoms with E-state index in [2.05, 4.69) is 42.3 Å². The van der Waals surface area contributed by atoms with Crippen LogP contribution in [0.15, 0.2) is 59.7 Å². The Morgan fingerprint density at radius 1 is 0.917 bits per heavy atom. The molecule has 1 saturated heterocycles. The standard InChI is InChI=1S/C27H33N9/c28-26-32-27(29,33-36(26)25-17-30-22-3-1-2-4-23(22)31-25)20-7-9-21(10-8-20)34-11-13-35(14-12-34)24-16-18-5-6-19(24)15-18/h1-4,7-10,17-19,24,33H,5-6,11-16,29H2,(H2,28,32). The lowest BCUT2D eigenvalue weighted by Gasteiger charge is -2.42. The fourth-order valence-electron chi connectivity index (χ4n) is 6.74. The van der Waals surface area contributed by atoms with Gasteiger partial charge in [0.05, 0.1) is 17.2 Å². The number of rotatable bonds is 4. The third-order valence-electron chi connectivity index (χ3n) is 8.62. The fraction of sp³-hybridized carbons (Fsp3) is 0.444. The Morgan fingerprint density at radius 2 is 1.69 bits per heavy atom. The lowest BCUT2D eigenvalue weighted by atomic mass is 9.93. The van der Waals surface area contributed by atoms with E-state index in [1.165, 1.54) is 31.4 Å². The molecule has 9 nitrogen and oxygen atoms in total. The van der Waals surface area contributed by atoms with E-state index in [1.54, 1.807) is 11.2 Å². The highest BCUT2D eigenvalue weighted by Gasteiger charge is 2.43. The van der Waals surface area contributed by atoms with Crippen molar-refractivity contribution >= 4 is 28.5 Å². The Labute approximate surface area is 211 Å². The van der Waals surface area contributed by atoms with Gasteiger partial charge < -0.3 is 10.6 Å². The van der Waals surface area contributed by atoms with Crippen molar-refractivity contribution in [2.24, 2.45) is 28.3 Å². The maximum absolute atomic E-state index is 6.67. The van der Waals surface area contributed by atoms with Crippen LogP contribution in [0.25, 0.3) is 11.0 Å². The first-order valence-corrected chi connectivity index (χ1v) is 13.1. The Bertz CT molecular complexity index is 1300. The minimum Gasteiger partial charge on any atom is -0.369 e. The smallest absolute Gasteiger partial charge is 0.215 e. The number of benzene rings is 2. The summed E-state index contributed by atoms with van der Waals surface area (Å²) in [6.45, 7) is 4.44. The number of hydrogen-bond donors (Lipinski definition) is 3. The van der Waals surface area contributed by atoms with E-state index in [1.807, 2.05) is 36.4 Å². The van der Waals surface area contributed by atoms with E-state index in [0.29, 0.717) is 5.82 Å². The molecule has 4 aliphatic rings. The Kier molecular flexibility index (Phi) is 5.13. The summed E-state index contributed by atoms with van der Waals surface area (Å²) in [5.74, 6) is 1.58. The summed E-state index contributed by atoms with van der Waals surface area (Å²) in [7, 11) is 0. The third kappa shape index (κ3) is 3.70. The number of hydrogen-bond acceptors (Lipinski definition) is 9. The number of nitrogens with one attached hydrogen (secondary N) is 1. The molecule has 9 heteroatoms. The number of aromatic nitrogens is 2. The van der Waals surface area contributed by atoms with E-state index < -0.39 is 5.79 Å². The van der Waals surface area contributed by atoms with E-state index in [4.69, 9.17) is 11.5 Å². The fourth-order valence-corrected chi connectivity index (χ4v) is 6.74. The second kappa shape index (κ2) is 8.40. The minimum atomic E-state index is -1.17. The van der Waals surface area contributed by atoms with Gasteiger partial charge in [0.1, 0.15) is 0 Å². The number of guanidine groups is 1. The van der Waals surface area contributed by atoms with Gasteiger partial charge >= 0.3 is 0 Å². The normalized spacial score (nSPS) is 30.4. The van der Waals surface area contributed by atoms with Crippen LogP contribution in [0.1, 0.15) is 31.2 Å². The summed E-state index contributed by atoms with van der Waals surface area (Å²) in [6.07, 6.45) is 7.48. The van der Waals surface area contributed by atoms with Crippen LogP contribution in [0, 0.1) is 11.8 Å². The second-order valence-corrected chi connectivity index (χ2v) is 10.7. The van der Waals surface area contributed by atoms with Gasteiger partial charge in [0.25, 0.3) is 0 Å². The lowest BCUT2D eigenvalue weighted by molar-refractivity contribution is 0.135. The molecule has 3 aromatic rings. The summed E-state index contributed by atoms with van der Waals surface area (Å²) >= 11 is 0. The molecule has 2 aromatic carbocycles. The average molecular weight is 484 g/mol. The van der Waals surface area contributed by atoms with Gasteiger partial charge in [-0.05, 0) is 55.4 Å². The van der Waals surface area contributed by atoms with Crippen LogP contribution < -0.4 is 26.8 Å². The molecule has 0 spiro atoms. The first-order chi connectivity index (χ1) is 17.6. The van der Waals surface area contributed by atoms with Crippen molar-refractivity contribution in [1.82, 2.24) is 20.3 Å². The molecule has 0 amide bonds. The van der Waals surface area contributed by atoms with E-state index >= 15 is 0 Å². The van der Waals surface area contributed by atoms with Crippen molar-refractivity contribution in [3.8, 4) is 0 Å². The zero-order chi connectivity index (χ0) is 24.3. The second-order valence-electron chi connectivity index (χ2n) is 10.7. The maximum atomic E-state index is 6.67. The molecule has 36 heavy (non-hydrogen) atoms. The number of anilines is 2. The number of nitrogens with zero attached hydrogens (tertiary/aromatic N) is 6. The summed E-state index contributed by atoms with van der Waals surface area (Å²) in [5.41, 5.74) is 19.8. The highest BCUT2D eigenvalue weighted by molar-refractivity contribution is 5.95. The molecule has 3 heterocycles. The van der Waals surface area contributed by atoms with Crippen LogP contribution in [0.4, 0.5) is 11.5 Å². The average Bonchev–Trinajstić information content (AvgIpc) is 3.64. The van der Waals surface area contributed by atoms with Crippen LogP contribution in [-0.4, -0.2) is 53.0 Å². The first kappa shape index (κ1) is 22.0. The molecule has 2 aliphatic carbocycles. The zero-order valence-electron chi connectivity index (χ0n) is 20.4. The third-order valence-corrected chi connectivity index (χ3v) is 8.62. The van der Waals surface area contributed by atoms with Gasteiger partial charge in [-0.1, -0.05) is 30.7 Å². The van der Waals surface area contributed by atoms with Gasteiger partial charge in [-0.15, -0.1) is 0 Å². The summed E-state index contributed by atoms with van der Waals surface area (Å²) < 4.78 is 0. The molecule has 3 fully saturated rings. The van der Waals surface area contributed by atoms with Crippen molar-refractivity contribution in [3.05, 3.63) is 60.3 Å².